The van der Waals surface area contributed by atoms with Crippen molar-refractivity contribution >= 4 is 73.6 Å². The smallest absolute Gasteiger partial charge is 0.166 e. The van der Waals surface area contributed by atoms with Crippen molar-refractivity contribution < 1.29 is 0 Å². The van der Waals surface area contributed by atoms with Gasteiger partial charge in [-0.15, -0.1) is 11.3 Å². The molecule has 0 aliphatic heterocycles. The van der Waals surface area contributed by atoms with Crippen molar-refractivity contribution in [2.75, 3.05) is 5.43 Å². The quantitative estimate of drug-likeness (QED) is 0.408. The average molecular weight is 400 g/mol. The Kier molecular flexibility index (Phi) is 5.09. The number of pyridine rings is 1. The van der Waals surface area contributed by atoms with Gasteiger partial charge in [-0.1, -0.05) is 34.8 Å². The highest BCUT2D eigenvalue weighted by molar-refractivity contribution is 9.11. The van der Waals surface area contributed by atoms with E-state index in [-0.39, 0.29) is 5.15 Å². The van der Waals surface area contributed by atoms with Crippen LogP contribution in [0.25, 0.3) is 0 Å². The average Bonchev–Trinajstić information content (AvgIpc) is 2.78. The molecule has 0 aliphatic rings. The van der Waals surface area contributed by atoms with Gasteiger partial charge in [0.05, 0.1) is 24.4 Å². The molecule has 1 N–H and O–H groups in total. The number of anilines is 1. The van der Waals surface area contributed by atoms with E-state index in [1.54, 1.807) is 11.3 Å². The van der Waals surface area contributed by atoms with E-state index in [0.29, 0.717) is 15.9 Å². The lowest BCUT2D eigenvalue weighted by molar-refractivity contribution is 1.22. The number of rotatable bonds is 3. The van der Waals surface area contributed by atoms with Crippen LogP contribution >= 0.6 is 62.1 Å². The van der Waals surface area contributed by atoms with Crippen molar-refractivity contribution in [3.05, 3.63) is 42.1 Å². The van der Waals surface area contributed by atoms with Gasteiger partial charge in [0.25, 0.3) is 0 Å². The highest BCUT2D eigenvalue weighted by Crippen LogP contribution is 2.29. The maximum Gasteiger partial charge on any atom is 0.166 e. The van der Waals surface area contributed by atoms with Gasteiger partial charge in [-0.2, -0.15) is 5.10 Å². The molecule has 0 bridgehead atoms. The van der Waals surface area contributed by atoms with Gasteiger partial charge in [0.2, 0.25) is 0 Å². The molecule has 19 heavy (non-hydrogen) atoms. The maximum absolute atomic E-state index is 5.99. The molecule has 0 saturated heterocycles. The molecule has 0 spiro atoms. The summed E-state index contributed by atoms with van der Waals surface area (Å²) in [5.74, 6) is 0.367. The molecule has 2 aromatic heterocycles. The zero-order chi connectivity index (χ0) is 14.0. The first kappa shape index (κ1) is 15.1. The number of thiophene rings is 1. The second-order valence-electron chi connectivity index (χ2n) is 3.50. The first-order chi connectivity index (χ1) is 8.97. The molecule has 2 aromatic rings. The SMILES string of the molecule is C/C(=N/Nc1nc(Cl)c(Cl)cc1Cl)c1ccc(Br)s1. The molecule has 0 atom stereocenters. The third-order valence-electron chi connectivity index (χ3n) is 2.15. The molecule has 0 saturated carbocycles. The van der Waals surface area contributed by atoms with Crippen molar-refractivity contribution in [1.29, 1.82) is 0 Å². The number of halogens is 4. The minimum absolute atomic E-state index is 0.181. The third-order valence-corrected chi connectivity index (χ3v) is 4.84. The number of hydrogen-bond acceptors (Lipinski definition) is 4. The monoisotopic (exact) mass is 397 g/mol. The Morgan fingerprint density at radius 2 is 2.05 bits per heavy atom. The molecule has 2 rings (SSSR count). The van der Waals surface area contributed by atoms with E-state index >= 15 is 0 Å². The summed E-state index contributed by atoms with van der Waals surface area (Å²) < 4.78 is 1.04. The molecular weight excluding hydrogens is 392 g/mol. The molecule has 0 aliphatic carbocycles. The predicted molar refractivity (Wildman–Crippen MR) is 87.1 cm³/mol. The fourth-order valence-electron chi connectivity index (χ4n) is 1.22. The number of hydrogen-bond donors (Lipinski definition) is 1. The Balaban J connectivity index is 2.20. The van der Waals surface area contributed by atoms with Gasteiger partial charge in [-0.05, 0) is 41.1 Å². The standard InChI is InChI=1S/C11H7BrCl3N3S/c1-5(8-2-3-9(12)19-8)17-18-11-7(14)4-6(13)10(15)16-11/h2-4H,1H3,(H,16,18)/b17-5-. The highest BCUT2D eigenvalue weighted by Gasteiger charge is 2.07. The van der Waals surface area contributed by atoms with Crippen LogP contribution in [0.3, 0.4) is 0 Å². The van der Waals surface area contributed by atoms with E-state index in [9.17, 15) is 0 Å². The van der Waals surface area contributed by atoms with Gasteiger partial charge in [0.15, 0.2) is 5.82 Å². The Bertz CT molecular complexity index is 642. The van der Waals surface area contributed by atoms with E-state index < -0.39 is 0 Å². The molecule has 100 valence electrons. The van der Waals surface area contributed by atoms with Crippen molar-refractivity contribution in [1.82, 2.24) is 4.98 Å². The predicted octanol–water partition coefficient (Wildman–Crippen LogP) is 5.70. The van der Waals surface area contributed by atoms with Crippen LogP contribution < -0.4 is 5.43 Å². The van der Waals surface area contributed by atoms with Crippen molar-refractivity contribution in [2.45, 2.75) is 6.92 Å². The fourth-order valence-corrected chi connectivity index (χ4v) is 3.09. The second kappa shape index (κ2) is 6.41. The van der Waals surface area contributed by atoms with Crippen LogP contribution in [0, 0.1) is 0 Å². The zero-order valence-corrected chi connectivity index (χ0v) is 14.2. The lowest BCUT2D eigenvalue weighted by atomic mass is 10.3. The Morgan fingerprint density at radius 3 is 2.68 bits per heavy atom. The molecule has 0 unspecified atom stereocenters. The van der Waals surface area contributed by atoms with Crippen LogP contribution in [0.4, 0.5) is 5.82 Å². The van der Waals surface area contributed by atoms with Crippen molar-refractivity contribution in [3.63, 3.8) is 0 Å². The van der Waals surface area contributed by atoms with E-state index in [1.807, 2.05) is 19.1 Å². The number of nitrogens with one attached hydrogen (secondary N) is 1. The maximum atomic E-state index is 5.99. The summed E-state index contributed by atoms with van der Waals surface area (Å²) in [6, 6.07) is 5.45. The molecule has 2 heterocycles. The van der Waals surface area contributed by atoms with Crippen molar-refractivity contribution in [3.8, 4) is 0 Å². The van der Waals surface area contributed by atoms with Gasteiger partial charge in [-0.3, -0.25) is 5.43 Å². The fraction of sp³-hybridized carbons (Fsp3) is 0.0909. The normalized spacial score (nSPS) is 11.7. The molecule has 0 amide bonds. The molecule has 0 fully saturated rings. The van der Waals surface area contributed by atoms with Gasteiger partial charge < -0.3 is 0 Å². The van der Waals surface area contributed by atoms with Crippen LogP contribution in [0.1, 0.15) is 11.8 Å². The first-order valence-corrected chi connectivity index (χ1v) is 7.79. The van der Waals surface area contributed by atoms with E-state index in [1.165, 1.54) is 6.07 Å². The van der Waals surface area contributed by atoms with Gasteiger partial charge in [-0.25, -0.2) is 4.98 Å². The van der Waals surface area contributed by atoms with Gasteiger partial charge >= 0.3 is 0 Å². The summed E-state index contributed by atoms with van der Waals surface area (Å²) in [5, 5.41) is 5.06. The highest BCUT2D eigenvalue weighted by atomic mass is 79.9. The van der Waals surface area contributed by atoms with Crippen LogP contribution in [-0.4, -0.2) is 10.7 Å². The van der Waals surface area contributed by atoms with Gasteiger partial charge in [0, 0.05) is 0 Å². The number of nitrogens with zero attached hydrogens (tertiary/aromatic N) is 2. The summed E-state index contributed by atoms with van der Waals surface area (Å²) in [4.78, 5) is 5.06. The number of aromatic nitrogens is 1. The Hall–Kier alpha value is -0.330. The zero-order valence-electron chi connectivity index (χ0n) is 9.55. The van der Waals surface area contributed by atoms with Crippen LogP contribution in [0.15, 0.2) is 27.1 Å². The van der Waals surface area contributed by atoms with Crippen molar-refractivity contribution in [2.24, 2.45) is 5.10 Å². The topological polar surface area (TPSA) is 37.3 Å². The number of hydrazone groups is 1. The first-order valence-electron chi connectivity index (χ1n) is 5.05. The molecular formula is C11H7BrCl3N3S. The van der Waals surface area contributed by atoms with E-state index in [0.717, 1.165) is 14.4 Å². The Morgan fingerprint density at radius 1 is 1.32 bits per heavy atom. The third kappa shape index (κ3) is 3.83. The summed E-state index contributed by atoms with van der Waals surface area (Å²) in [5.41, 5.74) is 3.60. The summed E-state index contributed by atoms with van der Waals surface area (Å²) in [6.45, 7) is 1.89. The van der Waals surface area contributed by atoms with Gasteiger partial charge in [0.1, 0.15) is 5.15 Å². The lowest BCUT2D eigenvalue weighted by Crippen LogP contribution is -1.99. The minimum atomic E-state index is 0.181. The lowest BCUT2D eigenvalue weighted by Gasteiger charge is -2.05. The summed E-state index contributed by atoms with van der Waals surface area (Å²) in [6.07, 6.45) is 0. The molecule has 0 aromatic carbocycles. The molecule has 3 nitrogen and oxygen atoms in total. The molecule has 8 heteroatoms. The summed E-state index contributed by atoms with van der Waals surface area (Å²) in [7, 11) is 0. The van der Waals surface area contributed by atoms with E-state index in [4.69, 9.17) is 34.8 Å². The van der Waals surface area contributed by atoms with Crippen LogP contribution in [0.5, 0.6) is 0 Å². The summed E-state index contributed by atoms with van der Waals surface area (Å²) >= 11 is 22.6. The largest absolute Gasteiger partial charge is 0.260 e. The molecule has 0 radical (unpaired) electrons. The second-order valence-corrected chi connectivity index (χ2v) is 7.14. The van der Waals surface area contributed by atoms with Crippen LogP contribution in [0.2, 0.25) is 15.2 Å². The van der Waals surface area contributed by atoms with E-state index in [2.05, 4.69) is 31.4 Å². The Labute approximate surface area is 137 Å². The van der Waals surface area contributed by atoms with Crippen LogP contribution in [-0.2, 0) is 0 Å². The minimum Gasteiger partial charge on any atom is -0.260 e.